The van der Waals surface area contributed by atoms with E-state index in [4.69, 9.17) is 5.73 Å². The fourth-order valence-electron chi connectivity index (χ4n) is 2.62. The summed E-state index contributed by atoms with van der Waals surface area (Å²) in [6, 6.07) is 10.4. The first kappa shape index (κ1) is 14.5. The van der Waals surface area contributed by atoms with E-state index in [0.29, 0.717) is 19.0 Å². The van der Waals surface area contributed by atoms with Gasteiger partial charge < -0.3 is 5.73 Å². The highest BCUT2D eigenvalue weighted by Crippen LogP contribution is 2.23. The third-order valence-electron chi connectivity index (χ3n) is 3.71. The Labute approximate surface area is 115 Å². The summed E-state index contributed by atoms with van der Waals surface area (Å²) in [5.41, 5.74) is 6.68. The average Bonchev–Trinajstić information content (AvgIpc) is 2.40. The monoisotopic (exact) mass is 282 g/mol. The summed E-state index contributed by atoms with van der Waals surface area (Å²) < 4.78 is 25.4. The zero-order valence-corrected chi connectivity index (χ0v) is 12.0. The van der Waals surface area contributed by atoms with Gasteiger partial charge in [0, 0.05) is 19.6 Å². The number of piperidine rings is 1. The summed E-state index contributed by atoms with van der Waals surface area (Å²) >= 11 is 0. The Balaban J connectivity index is 1.86. The van der Waals surface area contributed by atoms with Crippen LogP contribution in [-0.2, 0) is 16.4 Å². The van der Waals surface area contributed by atoms with Crippen molar-refractivity contribution in [3.8, 4) is 0 Å². The molecule has 1 aromatic rings. The molecule has 0 atom stereocenters. The molecule has 1 heterocycles. The molecular weight excluding hydrogens is 260 g/mol. The lowest BCUT2D eigenvalue weighted by Gasteiger charge is -2.31. The molecule has 0 saturated carbocycles. The molecule has 0 amide bonds. The van der Waals surface area contributed by atoms with Gasteiger partial charge in [0.1, 0.15) is 0 Å². The molecule has 2 rings (SSSR count). The quantitative estimate of drug-likeness (QED) is 0.883. The predicted octanol–water partition coefficient (Wildman–Crippen LogP) is 1.23. The maximum atomic E-state index is 11.9. The molecule has 19 heavy (non-hydrogen) atoms. The second-order valence-corrected chi connectivity index (χ2v) is 7.23. The van der Waals surface area contributed by atoms with Crippen LogP contribution in [0.25, 0.3) is 0 Å². The molecule has 106 valence electrons. The molecule has 1 fully saturated rings. The Bertz CT molecular complexity index is 479. The SMILES string of the molecule is NCCS(=O)(=O)N1CCC(Cc2ccccc2)CC1. The number of benzene rings is 1. The molecule has 5 heteroatoms. The van der Waals surface area contributed by atoms with E-state index >= 15 is 0 Å². The molecule has 0 aliphatic carbocycles. The largest absolute Gasteiger partial charge is 0.329 e. The first-order valence-electron chi connectivity index (χ1n) is 6.83. The Hall–Kier alpha value is -0.910. The van der Waals surface area contributed by atoms with Crippen molar-refractivity contribution < 1.29 is 8.42 Å². The summed E-state index contributed by atoms with van der Waals surface area (Å²) in [5.74, 6) is 0.655. The van der Waals surface area contributed by atoms with Gasteiger partial charge >= 0.3 is 0 Å². The van der Waals surface area contributed by atoms with Crippen molar-refractivity contribution in [1.29, 1.82) is 0 Å². The zero-order valence-electron chi connectivity index (χ0n) is 11.2. The lowest BCUT2D eigenvalue weighted by molar-refractivity contribution is 0.273. The minimum Gasteiger partial charge on any atom is -0.329 e. The lowest BCUT2D eigenvalue weighted by atomic mass is 9.91. The Morgan fingerprint density at radius 3 is 2.37 bits per heavy atom. The van der Waals surface area contributed by atoms with Crippen molar-refractivity contribution in [2.75, 3.05) is 25.4 Å². The van der Waals surface area contributed by atoms with E-state index in [1.807, 2.05) is 6.07 Å². The van der Waals surface area contributed by atoms with Crippen molar-refractivity contribution in [1.82, 2.24) is 4.31 Å². The predicted molar refractivity (Wildman–Crippen MR) is 77.3 cm³/mol. The van der Waals surface area contributed by atoms with Crippen molar-refractivity contribution in [3.63, 3.8) is 0 Å². The van der Waals surface area contributed by atoms with Crippen LogP contribution in [0.5, 0.6) is 0 Å². The van der Waals surface area contributed by atoms with Gasteiger partial charge in [-0.05, 0) is 30.7 Å². The second kappa shape index (κ2) is 6.50. The first-order chi connectivity index (χ1) is 9.12. The summed E-state index contributed by atoms with van der Waals surface area (Å²) in [6.45, 7) is 1.48. The van der Waals surface area contributed by atoms with Crippen LogP contribution in [0.15, 0.2) is 30.3 Å². The average molecular weight is 282 g/mol. The van der Waals surface area contributed by atoms with E-state index in [0.717, 1.165) is 19.3 Å². The number of hydrogen-bond donors (Lipinski definition) is 1. The number of sulfonamides is 1. The van der Waals surface area contributed by atoms with E-state index < -0.39 is 10.0 Å². The number of nitrogens with two attached hydrogens (primary N) is 1. The van der Waals surface area contributed by atoms with Gasteiger partial charge in [-0.3, -0.25) is 0 Å². The highest BCUT2D eigenvalue weighted by Gasteiger charge is 2.27. The van der Waals surface area contributed by atoms with Gasteiger partial charge in [-0.1, -0.05) is 30.3 Å². The minimum atomic E-state index is -3.12. The third kappa shape index (κ3) is 4.03. The van der Waals surface area contributed by atoms with E-state index in [2.05, 4.69) is 24.3 Å². The number of nitrogens with zero attached hydrogens (tertiary/aromatic N) is 1. The van der Waals surface area contributed by atoms with Crippen LogP contribution in [0.1, 0.15) is 18.4 Å². The van der Waals surface area contributed by atoms with Gasteiger partial charge in [-0.15, -0.1) is 0 Å². The van der Waals surface area contributed by atoms with Crippen LogP contribution in [0, 0.1) is 5.92 Å². The normalized spacial score (nSPS) is 18.6. The van der Waals surface area contributed by atoms with Gasteiger partial charge in [-0.25, -0.2) is 12.7 Å². The van der Waals surface area contributed by atoms with Gasteiger partial charge in [0.2, 0.25) is 10.0 Å². The molecule has 1 aliphatic heterocycles. The van der Waals surface area contributed by atoms with Gasteiger partial charge in [0.05, 0.1) is 5.75 Å². The van der Waals surface area contributed by atoms with Crippen LogP contribution >= 0.6 is 0 Å². The molecule has 1 aliphatic rings. The van der Waals surface area contributed by atoms with Crippen LogP contribution in [0.3, 0.4) is 0 Å². The standard InChI is InChI=1S/C14H22N2O2S/c15-8-11-19(17,18)16-9-6-14(7-10-16)12-13-4-2-1-3-5-13/h1-5,14H,6-12,15H2. The zero-order chi connectivity index (χ0) is 13.7. The third-order valence-corrected chi connectivity index (χ3v) is 5.61. The molecule has 2 N–H and O–H groups in total. The summed E-state index contributed by atoms with van der Waals surface area (Å²) in [7, 11) is -3.12. The molecule has 0 unspecified atom stereocenters. The highest BCUT2D eigenvalue weighted by atomic mass is 32.2. The smallest absolute Gasteiger partial charge is 0.215 e. The fourth-order valence-corrected chi connectivity index (χ4v) is 3.94. The maximum Gasteiger partial charge on any atom is 0.215 e. The Kier molecular flexibility index (Phi) is 4.96. The molecule has 0 radical (unpaired) electrons. The van der Waals surface area contributed by atoms with E-state index in [9.17, 15) is 8.42 Å². The maximum absolute atomic E-state index is 11.9. The van der Waals surface area contributed by atoms with E-state index in [1.54, 1.807) is 4.31 Å². The molecule has 0 spiro atoms. The highest BCUT2D eigenvalue weighted by molar-refractivity contribution is 7.89. The Morgan fingerprint density at radius 2 is 1.79 bits per heavy atom. The van der Waals surface area contributed by atoms with Crippen LogP contribution in [-0.4, -0.2) is 38.1 Å². The topological polar surface area (TPSA) is 63.4 Å². The van der Waals surface area contributed by atoms with Gasteiger partial charge in [0.25, 0.3) is 0 Å². The van der Waals surface area contributed by atoms with Gasteiger partial charge in [0.15, 0.2) is 0 Å². The lowest BCUT2D eigenvalue weighted by Crippen LogP contribution is -2.41. The summed E-state index contributed by atoms with van der Waals surface area (Å²) in [4.78, 5) is 0. The number of rotatable bonds is 5. The number of hydrogen-bond acceptors (Lipinski definition) is 3. The van der Waals surface area contributed by atoms with E-state index in [-0.39, 0.29) is 12.3 Å². The Morgan fingerprint density at radius 1 is 1.16 bits per heavy atom. The van der Waals surface area contributed by atoms with Gasteiger partial charge in [-0.2, -0.15) is 0 Å². The van der Waals surface area contributed by atoms with Crippen LogP contribution in [0.4, 0.5) is 0 Å². The molecule has 4 nitrogen and oxygen atoms in total. The van der Waals surface area contributed by atoms with Crippen molar-refractivity contribution in [3.05, 3.63) is 35.9 Å². The summed E-state index contributed by atoms with van der Waals surface area (Å²) in [6.07, 6.45) is 2.93. The van der Waals surface area contributed by atoms with E-state index in [1.165, 1.54) is 5.56 Å². The fraction of sp³-hybridized carbons (Fsp3) is 0.571. The second-order valence-electron chi connectivity index (χ2n) is 5.14. The summed E-state index contributed by atoms with van der Waals surface area (Å²) in [5, 5.41) is 0. The molecular formula is C14H22N2O2S. The molecule has 1 saturated heterocycles. The molecule has 1 aromatic carbocycles. The van der Waals surface area contributed by atoms with Crippen molar-refractivity contribution in [2.24, 2.45) is 11.7 Å². The molecule has 0 bridgehead atoms. The van der Waals surface area contributed by atoms with Crippen LogP contribution < -0.4 is 5.73 Å². The van der Waals surface area contributed by atoms with Crippen LogP contribution in [0.2, 0.25) is 0 Å². The first-order valence-corrected chi connectivity index (χ1v) is 8.44. The molecule has 0 aromatic heterocycles. The van der Waals surface area contributed by atoms with Crippen molar-refractivity contribution >= 4 is 10.0 Å². The van der Waals surface area contributed by atoms with Crippen molar-refractivity contribution in [2.45, 2.75) is 19.3 Å². The minimum absolute atomic E-state index is 0.0658.